The fourth-order valence-corrected chi connectivity index (χ4v) is 1.18. The summed E-state index contributed by atoms with van der Waals surface area (Å²) in [5.74, 6) is 4.77. The summed E-state index contributed by atoms with van der Waals surface area (Å²) in [6.07, 6.45) is -4.54. The molecule has 1 aromatic rings. The van der Waals surface area contributed by atoms with Crippen LogP contribution in [0.4, 0.5) is 18.9 Å². The van der Waals surface area contributed by atoms with Crippen molar-refractivity contribution in [3.63, 3.8) is 0 Å². The van der Waals surface area contributed by atoms with Crippen molar-refractivity contribution in [2.75, 3.05) is 6.61 Å². The molecule has 0 unspecified atom stereocenters. The van der Waals surface area contributed by atoms with Gasteiger partial charge < -0.3 is 5.11 Å². The van der Waals surface area contributed by atoms with E-state index >= 15 is 0 Å². The highest BCUT2D eigenvalue weighted by atomic mass is 19.4. The third-order valence-corrected chi connectivity index (χ3v) is 1.98. The first kappa shape index (κ1) is 14.0. The first-order chi connectivity index (χ1) is 8.36. The summed E-state index contributed by atoms with van der Waals surface area (Å²) in [6, 6.07) is 2.13. The molecule has 0 amide bonds. The summed E-state index contributed by atoms with van der Waals surface area (Å²) in [4.78, 5) is 9.74. The molecule has 1 N–H and O–H groups in total. The van der Waals surface area contributed by atoms with Crippen LogP contribution in [-0.2, 0) is 6.18 Å². The number of aliphatic hydroxyl groups is 1. The number of rotatable bonds is 2. The first-order valence-corrected chi connectivity index (χ1v) is 4.81. The molecule has 18 heavy (non-hydrogen) atoms. The van der Waals surface area contributed by atoms with E-state index in [9.17, 15) is 23.3 Å². The molecule has 0 aliphatic heterocycles. The van der Waals surface area contributed by atoms with Crippen LogP contribution in [0.15, 0.2) is 18.2 Å². The maximum absolute atomic E-state index is 12.4. The van der Waals surface area contributed by atoms with Crippen molar-refractivity contribution in [2.45, 2.75) is 12.6 Å². The maximum Gasteiger partial charge on any atom is 0.416 e. The quantitative estimate of drug-likeness (QED) is 0.503. The van der Waals surface area contributed by atoms with E-state index in [1.807, 2.05) is 0 Å². The fourth-order valence-electron chi connectivity index (χ4n) is 1.18. The highest BCUT2D eigenvalue weighted by Gasteiger charge is 2.32. The second-order valence-electron chi connectivity index (χ2n) is 3.26. The van der Waals surface area contributed by atoms with Crippen LogP contribution < -0.4 is 0 Å². The molecule has 0 aromatic heterocycles. The van der Waals surface area contributed by atoms with Gasteiger partial charge in [0.1, 0.15) is 5.56 Å². The molecular weight excluding hydrogens is 251 g/mol. The Kier molecular flexibility index (Phi) is 4.28. The zero-order chi connectivity index (χ0) is 13.8. The summed E-state index contributed by atoms with van der Waals surface area (Å²) < 4.78 is 37.1. The van der Waals surface area contributed by atoms with Crippen molar-refractivity contribution in [1.29, 1.82) is 0 Å². The molecule has 0 atom stereocenters. The number of aliphatic hydroxyl groups excluding tert-OH is 1. The molecule has 0 saturated carbocycles. The minimum atomic E-state index is -4.64. The van der Waals surface area contributed by atoms with Crippen molar-refractivity contribution in [3.8, 4) is 11.8 Å². The lowest BCUT2D eigenvalue weighted by molar-refractivity contribution is -0.385. The van der Waals surface area contributed by atoms with Crippen LogP contribution >= 0.6 is 0 Å². The van der Waals surface area contributed by atoms with Crippen LogP contribution in [0.5, 0.6) is 0 Å². The van der Waals surface area contributed by atoms with Gasteiger partial charge in [-0.25, -0.2) is 0 Å². The molecule has 4 nitrogen and oxygen atoms in total. The Hall–Kier alpha value is -2.07. The Balaban J connectivity index is 3.23. The van der Waals surface area contributed by atoms with Gasteiger partial charge in [-0.1, -0.05) is 11.8 Å². The first-order valence-electron chi connectivity index (χ1n) is 4.81. The van der Waals surface area contributed by atoms with Crippen LogP contribution in [0.1, 0.15) is 17.5 Å². The summed E-state index contributed by atoms with van der Waals surface area (Å²) in [5.41, 5.74) is -1.90. The Morgan fingerprint density at radius 1 is 1.39 bits per heavy atom. The predicted molar refractivity (Wildman–Crippen MR) is 56.7 cm³/mol. The van der Waals surface area contributed by atoms with Gasteiger partial charge in [0, 0.05) is 12.5 Å². The molecule has 0 spiro atoms. The Bertz CT molecular complexity index is 514. The van der Waals surface area contributed by atoms with Gasteiger partial charge in [0.05, 0.1) is 17.1 Å². The molecular formula is C11H8F3NO3. The van der Waals surface area contributed by atoms with E-state index in [1.165, 1.54) is 0 Å². The van der Waals surface area contributed by atoms with Crippen LogP contribution in [0.2, 0.25) is 0 Å². The second-order valence-corrected chi connectivity index (χ2v) is 3.26. The van der Waals surface area contributed by atoms with Gasteiger partial charge in [0.25, 0.3) is 5.69 Å². The van der Waals surface area contributed by atoms with Crippen LogP contribution in [0, 0.1) is 22.0 Å². The Morgan fingerprint density at radius 3 is 2.56 bits per heavy atom. The van der Waals surface area contributed by atoms with Crippen molar-refractivity contribution in [3.05, 3.63) is 39.4 Å². The lowest BCUT2D eigenvalue weighted by atomic mass is 10.1. The van der Waals surface area contributed by atoms with Gasteiger partial charge in [-0.15, -0.1) is 0 Å². The van der Waals surface area contributed by atoms with Gasteiger partial charge in [0.2, 0.25) is 0 Å². The maximum atomic E-state index is 12.4. The summed E-state index contributed by atoms with van der Waals surface area (Å²) in [5, 5.41) is 19.1. The van der Waals surface area contributed by atoms with E-state index in [0.717, 1.165) is 12.1 Å². The van der Waals surface area contributed by atoms with Crippen LogP contribution in [-0.4, -0.2) is 16.6 Å². The van der Waals surface area contributed by atoms with Crippen molar-refractivity contribution in [1.82, 2.24) is 0 Å². The lowest BCUT2D eigenvalue weighted by Gasteiger charge is -2.06. The molecule has 96 valence electrons. The van der Waals surface area contributed by atoms with E-state index in [4.69, 9.17) is 5.11 Å². The molecule has 0 fully saturated rings. The van der Waals surface area contributed by atoms with Crippen molar-refractivity contribution in [2.24, 2.45) is 0 Å². The van der Waals surface area contributed by atoms with Crippen molar-refractivity contribution >= 4 is 5.69 Å². The van der Waals surface area contributed by atoms with Crippen molar-refractivity contribution < 1.29 is 23.2 Å². The number of alkyl halides is 3. The molecule has 0 aliphatic rings. The minimum Gasteiger partial charge on any atom is -0.395 e. The molecule has 0 saturated heterocycles. The van der Waals surface area contributed by atoms with Crippen LogP contribution in [0.3, 0.4) is 0 Å². The van der Waals surface area contributed by atoms with Gasteiger partial charge in [-0.05, 0) is 12.1 Å². The predicted octanol–water partition coefficient (Wildman–Crippen LogP) is 2.35. The SMILES string of the molecule is O=[N+]([O-])c1cc(C(F)(F)F)ccc1C#CCCO. The normalized spacial score (nSPS) is 10.7. The van der Waals surface area contributed by atoms with E-state index in [0.29, 0.717) is 6.07 Å². The monoisotopic (exact) mass is 259 g/mol. The van der Waals surface area contributed by atoms with Gasteiger partial charge in [-0.3, -0.25) is 10.1 Å². The molecule has 0 radical (unpaired) electrons. The number of hydrogen-bond acceptors (Lipinski definition) is 3. The highest BCUT2D eigenvalue weighted by Crippen LogP contribution is 2.32. The standard InChI is InChI=1S/C11H8F3NO3/c12-11(13,14)9-5-4-8(3-1-2-6-16)10(7-9)15(17)18/h4-5,7,16H,2,6H2. The molecule has 0 heterocycles. The Morgan fingerprint density at radius 2 is 2.06 bits per heavy atom. The van der Waals surface area contributed by atoms with Gasteiger partial charge in [-0.2, -0.15) is 13.2 Å². The summed E-state index contributed by atoms with van der Waals surface area (Å²) in [6.45, 7) is -0.221. The number of nitro groups is 1. The number of nitrogens with zero attached hydrogens (tertiary/aromatic N) is 1. The fraction of sp³-hybridized carbons (Fsp3) is 0.273. The van der Waals surface area contributed by atoms with E-state index < -0.39 is 22.4 Å². The number of nitro benzene ring substituents is 1. The third kappa shape index (κ3) is 3.46. The minimum absolute atomic E-state index is 0.0954. The highest BCUT2D eigenvalue weighted by molar-refractivity contribution is 5.53. The molecule has 1 aromatic carbocycles. The zero-order valence-corrected chi connectivity index (χ0v) is 8.99. The second kappa shape index (κ2) is 5.51. The molecule has 1 rings (SSSR count). The van der Waals surface area contributed by atoms with E-state index in [2.05, 4.69) is 11.8 Å². The number of benzene rings is 1. The van der Waals surface area contributed by atoms with E-state index in [-0.39, 0.29) is 18.6 Å². The van der Waals surface area contributed by atoms with Gasteiger partial charge >= 0.3 is 6.18 Å². The number of hydrogen-bond donors (Lipinski definition) is 1. The van der Waals surface area contributed by atoms with Crippen LogP contribution in [0.25, 0.3) is 0 Å². The van der Waals surface area contributed by atoms with E-state index in [1.54, 1.807) is 0 Å². The zero-order valence-electron chi connectivity index (χ0n) is 8.99. The molecule has 0 aliphatic carbocycles. The van der Waals surface area contributed by atoms with Gasteiger partial charge in [0.15, 0.2) is 0 Å². The third-order valence-electron chi connectivity index (χ3n) is 1.98. The average Bonchev–Trinajstić information content (AvgIpc) is 2.28. The molecule has 7 heteroatoms. The Labute approximate surface area is 100 Å². The topological polar surface area (TPSA) is 63.4 Å². The number of halogens is 3. The largest absolute Gasteiger partial charge is 0.416 e. The summed E-state index contributed by atoms with van der Waals surface area (Å²) in [7, 11) is 0. The average molecular weight is 259 g/mol. The summed E-state index contributed by atoms with van der Waals surface area (Å²) >= 11 is 0. The molecule has 0 bridgehead atoms. The lowest BCUT2D eigenvalue weighted by Crippen LogP contribution is -2.06. The smallest absolute Gasteiger partial charge is 0.395 e.